The second-order valence-corrected chi connectivity index (χ2v) is 8.55. The zero-order valence-corrected chi connectivity index (χ0v) is 15.5. The molecule has 0 amide bonds. The quantitative estimate of drug-likeness (QED) is 0.843. The molecule has 2 aromatic rings. The number of sulfonamides is 1. The summed E-state index contributed by atoms with van der Waals surface area (Å²) < 4.78 is 27.8. The van der Waals surface area contributed by atoms with Crippen LogP contribution in [0.4, 0.5) is 5.69 Å². The summed E-state index contributed by atoms with van der Waals surface area (Å²) in [5, 5.41) is 0. The Hall–Kier alpha value is -2.18. The Morgan fingerprint density at radius 2 is 1.72 bits per heavy atom. The van der Waals surface area contributed by atoms with Gasteiger partial charge in [0.25, 0.3) is 10.0 Å². The predicted molar refractivity (Wildman–Crippen MR) is 98.5 cm³/mol. The molecule has 1 heterocycles. The molecule has 0 N–H and O–H groups in total. The van der Waals surface area contributed by atoms with Gasteiger partial charge in [0.1, 0.15) is 0 Å². The maximum atomic E-state index is 13.2. The van der Waals surface area contributed by atoms with E-state index in [4.69, 9.17) is 0 Å². The third-order valence-corrected chi connectivity index (χ3v) is 6.18. The zero-order valence-electron chi connectivity index (χ0n) is 14.6. The number of ketones is 1. The van der Waals surface area contributed by atoms with Gasteiger partial charge in [0.15, 0.2) is 5.78 Å². The molecular weight excluding hydrogens is 336 g/mol. The molecule has 0 aliphatic carbocycles. The fourth-order valence-corrected chi connectivity index (χ4v) is 4.68. The Labute approximate surface area is 148 Å². The first-order valence-corrected chi connectivity index (χ1v) is 9.62. The van der Waals surface area contributed by atoms with Crippen molar-refractivity contribution in [1.29, 1.82) is 0 Å². The number of rotatable bonds is 4. The standard InChI is InChI=1S/C19H22N2O3S/c1-14-8-10-16(11-9-14)25(23,24)21-13-15(12-20(2)3)19(22)17-6-4-5-7-18(17)21/h4-11,15H,12-13H2,1-3H3. The minimum Gasteiger partial charge on any atom is -0.309 e. The molecule has 1 unspecified atom stereocenters. The van der Waals surface area contributed by atoms with E-state index in [2.05, 4.69) is 0 Å². The Balaban J connectivity index is 2.09. The van der Waals surface area contributed by atoms with Gasteiger partial charge in [0.05, 0.1) is 16.5 Å². The van der Waals surface area contributed by atoms with E-state index >= 15 is 0 Å². The Morgan fingerprint density at radius 1 is 1.08 bits per heavy atom. The van der Waals surface area contributed by atoms with Gasteiger partial charge in [0.2, 0.25) is 0 Å². The van der Waals surface area contributed by atoms with E-state index in [-0.39, 0.29) is 23.1 Å². The number of hydrogen-bond donors (Lipinski definition) is 0. The summed E-state index contributed by atoms with van der Waals surface area (Å²) in [7, 11) is 0.0414. The minimum atomic E-state index is -3.72. The van der Waals surface area contributed by atoms with Gasteiger partial charge in [-0.3, -0.25) is 9.10 Å². The van der Waals surface area contributed by atoms with Crippen LogP contribution in [0.5, 0.6) is 0 Å². The van der Waals surface area contributed by atoms with Crippen molar-refractivity contribution in [2.75, 3.05) is 31.5 Å². The topological polar surface area (TPSA) is 57.7 Å². The van der Waals surface area contributed by atoms with Crippen LogP contribution in [0.1, 0.15) is 15.9 Å². The molecule has 1 aliphatic heterocycles. The molecule has 25 heavy (non-hydrogen) atoms. The molecule has 0 bridgehead atoms. The minimum absolute atomic E-state index is 0.000318. The van der Waals surface area contributed by atoms with Crippen molar-refractivity contribution in [2.24, 2.45) is 5.92 Å². The van der Waals surface area contributed by atoms with Crippen molar-refractivity contribution in [3.63, 3.8) is 0 Å². The Kier molecular flexibility index (Phi) is 4.67. The van der Waals surface area contributed by atoms with Gasteiger partial charge >= 0.3 is 0 Å². The van der Waals surface area contributed by atoms with Crippen LogP contribution >= 0.6 is 0 Å². The van der Waals surface area contributed by atoms with Crippen molar-refractivity contribution in [3.8, 4) is 0 Å². The van der Waals surface area contributed by atoms with Crippen LogP contribution in [0.25, 0.3) is 0 Å². The normalized spacial score (nSPS) is 17.7. The van der Waals surface area contributed by atoms with Crippen LogP contribution in [0.15, 0.2) is 53.4 Å². The third-order valence-electron chi connectivity index (χ3n) is 4.39. The highest BCUT2D eigenvalue weighted by Crippen LogP contribution is 2.34. The van der Waals surface area contributed by atoms with E-state index in [0.29, 0.717) is 17.8 Å². The van der Waals surface area contributed by atoms with Crippen LogP contribution < -0.4 is 4.31 Å². The number of fused-ring (bicyclic) bond motifs is 1. The first-order valence-electron chi connectivity index (χ1n) is 8.18. The molecule has 2 aromatic carbocycles. The highest BCUT2D eigenvalue weighted by atomic mass is 32.2. The summed E-state index contributed by atoms with van der Waals surface area (Å²) in [6, 6.07) is 13.7. The smallest absolute Gasteiger partial charge is 0.264 e. The summed E-state index contributed by atoms with van der Waals surface area (Å²) in [4.78, 5) is 14.9. The van der Waals surface area contributed by atoms with E-state index in [0.717, 1.165) is 5.56 Å². The SMILES string of the molecule is Cc1ccc(S(=O)(=O)N2CC(CN(C)C)C(=O)c3ccccc32)cc1. The molecule has 0 saturated heterocycles. The second-order valence-electron chi connectivity index (χ2n) is 6.69. The zero-order chi connectivity index (χ0) is 18.2. The summed E-state index contributed by atoms with van der Waals surface area (Å²) in [6.07, 6.45) is 0. The Morgan fingerprint density at radius 3 is 2.36 bits per heavy atom. The van der Waals surface area contributed by atoms with Crippen molar-refractivity contribution in [1.82, 2.24) is 4.90 Å². The number of carbonyl (C=O) groups excluding carboxylic acids is 1. The van der Waals surface area contributed by atoms with Gasteiger partial charge < -0.3 is 4.90 Å². The molecule has 1 aliphatic rings. The number of carbonyl (C=O) groups is 1. The maximum absolute atomic E-state index is 13.2. The van der Waals surface area contributed by atoms with Gasteiger partial charge in [-0.1, -0.05) is 29.8 Å². The number of nitrogens with zero attached hydrogens (tertiary/aromatic N) is 2. The first kappa shape index (κ1) is 17.6. The fourth-order valence-electron chi connectivity index (χ4n) is 3.15. The van der Waals surface area contributed by atoms with E-state index in [1.807, 2.05) is 25.9 Å². The predicted octanol–water partition coefficient (Wildman–Crippen LogP) is 2.56. The fraction of sp³-hybridized carbons (Fsp3) is 0.316. The number of para-hydroxylation sites is 1. The van der Waals surface area contributed by atoms with Crippen molar-refractivity contribution in [3.05, 3.63) is 59.7 Å². The van der Waals surface area contributed by atoms with E-state index in [1.165, 1.54) is 4.31 Å². The molecule has 3 rings (SSSR count). The number of benzene rings is 2. The molecule has 132 valence electrons. The van der Waals surface area contributed by atoms with Crippen LogP contribution in [-0.4, -0.2) is 46.3 Å². The number of anilines is 1. The van der Waals surface area contributed by atoms with Gasteiger partial charge in [-0.25, -0.2) is 8.42 Å². The molecule has 0 fully saturated rings. The summed E-state index contributed by atoms with van der Waals surface area (Å²) in [6.45, 7) is 2.58. The lowest BCUT2D eigenvalue weighted by Crippen LogP contribution is -2.46. The highest BCUT2D eigenvalue weighted by Gasteiger charge is 2.37. The average molecular weight is 358 g/mol. The molecule has 0 radical (unpaired) electrons. The Bertz CT molecular complexity index is 889. The van der Waals surface area contributed by atoms with Gasteiger partial charge in [-0.05, 0) is 45.3 Å². The monoisotopic (exact) mass is 358 g/mol. The van der Waals surface area contributed by atoms with Gasteiger partial charge in [0, 0.05) is 18.7 Å². The lowest BCUT2D eigenvalue weighted by molar-refractivity contribution is 0.0897. The van der Waals surface area contributed by atoms with Crippen molar-refractivity contribution < 1.29 is 13.2 Å². The summed E-state index contributed by atoms with van der Waals surface area (Å²) in [5.74, 6) is -0.384. The maximum Gasteiger partial charge on any atom is 0.264 e. The van der Waals surface area contributed by atoms with E-state index < -0.39 is 10.0 Å². The average Bonchev–Trinajstić information content (AvgIpc) is 2.57. The number of Topliss-reactive ketones (excluding diaryl/α,β-unsaturated/α-hetero) is 1. The highest BCUT2D eigenvalue weighted by molar-refractivity contribution is 7.92. The summed E-state index contributed by atoms with van der Waals surface area (Å²) in [5.41, 5.74) is 1.93. The molecule has 0 spiro atoms. The van der Waals surface area contributed by atoms with E-state index in [9.17, 15) is 13.2 Å². The van der Waals surface area contributed by atoms with E-state index in [1.54, 1.807) is 48.5 Å². The molecule has 1 atom stereocenters. The molecule has 0 aromatic heterocycles. The lowest BCUT2D eigenvalue weighted by Gasteiger charge is -2.35. The lowest BCUT2D eigenvalue weighted by atomic mass is 9.92. The van der Waals surface area contributed by atoms with Crippen molar-refractivity contribution in [2.45, 2.75) is 11.8 Å². The largest absolute Gasteiger partial charge is 0.309 e. The second kappa shape index (κ2) is 6.61. The molecule has 6 heteroatoms. The molecule has 0 saturated carbocycles. The van der Waals surface area contributed by atoms with Gasteiger partial charge in [-0.2, -0.15) is 0 Å². The van der Waals surface area contributed by atoms with Crippen LogP contribution in [-0.2, 0) is 10.0 Å². The van der Waals surface area contributed by atoms with Crippen LogP contribution in [0, 0.1) is 12.8 Å². The van der Waals surface area contributed by atoms with Gasteiger partial charge in [-0.15, -0.1) is 0 Å². The van der Waals surface area contributed by atoms with Crippen LogP contribution in [0.2, 0.25) is 0 Å². The van der Waals surface area contributed by atoms with Crippen molar-refractivity contribution >= 4 is 21.5 Å². The number of aryl methyl sites for hydroxylation is 1. The first-order chi connectivity index (χ1) is 11.8. The van der Waals surface area contributed by atoms with Crippen LogP contribution in [0.3, 0.4) is 0 Å². The molecule has 5 nitrogen and oxygen atoms in total. The number of hydrogen-bond acceptors (Lipinski definition) is 4. The third kappa shape index (κ3) is 3.32. The molecular formula is C19H22N2O3S. The summed E-state index contributed by atoms with van der Waals surface area (Å²) >= 11 is 0.